The lowest BCUT2D eigenvalue weighted by Gasteiger charge is -2.20. The Morgan fingerprint density at radius 3 is 1.36 bits per heavy atom. The van der Waals surface area contributed by atoms with E-state index in [4.69, 9.17) is 14.2 Å². The Bertz CT molecular complexity index is 855. The maximum atomic E-state index is 12.8. The third kappa shape index (κ3) is 4.43. The minimum atomic E-state index is -0.314. The molecule has 0 fully saturated rings. The molecule has 5 heteroatoms. The van der Waals surface area contributed by atoms with Crippen molar-refractivity contribution in [3.05, 3.63) is 89.5 Å². The predicted octanol–water partition coefficient (Wildman–Crippen LogP) is 4.23. The van der Waals surface area contributed by atoms with Gasteiger partial charge in [-0.15, -0.1) is 0 Å². The Labute approximate surface area is 164 Å². The fraction of sp³-hybridized carbons (Fsp3) is 0.174. The van der Waals surface area contributed by atoms with Crippen LogP contribution in [0, 0.1) is 0 Å². The van der Waals surface area contributed by atoms with Crippen LogP contribution >= 0.6 is 0 Å². The van der Waals surface area contributed by atoms with E-state index in [1.54, 1.807) is 45.6 Å². The lowest BCUT2D eigenvalue weighted by atomic mass is 9.98. The number of carbonyl (C=O) groups excluding carboxylic acids is 1. The van der Waals surface area contributed by atoms with Gasteiger partial charge in [0.25, 0.3) is 5.91 Å². The molecule has 0 atom stereocenters. The molecule has 0 saturated heterocycles. The van der Waals surface area contributed by atoms with E-state index in [-0.39, 0.29) is 11.9 Å². The summed E-state index contributed by atoms with van der Waals surface area (Å²) in [6, 6.07) is 22.0. The van der Waals surface area contributed by atoms with E-state index in [0.29, 0.717) is 11.3 Å². The predicted molar refractivity (Wildman–Crippen MR) is 108 cm³/mol. The number of methoxy groups -OCH3 is 3. The number of ether oxygens (including phenoxy) is 3. The Morgan fingerprint density at radius 1 is 0.643 bits per heavy atom. The van der Waals surface area contributed by atoms with Crippen LogP contribution in [0.3, 0.4) is 0 Å². The van der Waals surface area contributed by atoms with Crippen molar-refractivity contribution in [1.82, 2.24) is 5.32 Å². The summed E-state index contributed by atoms with van der Waals surface area (Å²) in [5.74, 6) is 2.06. The molecule has 0 spiro atoms. The van der Waals surface area contributed by atoms with Gasteiger partial charge in [-0.05, 0) is 59.7 Å². The fourth-order valence-electron chi connectivity index (χ4n) is 2.91. The van der Waals surface area contributed by atoms with Gasteiger partial charge in [0.2, 0.25) is 0 Å². The van der Waals surface area contributed by atoms with Crippen LogP contribution in [-0.4, -0.2) is 27.2 Å². The van der Waals surface area contributed by atoms with Crippen LogP contribution < -0.4 is 19.5 Å². The normalized spacial score (nSPS) is 10.4. The van der Waals surface area contributed by atoms with Crippen LogP contribution in [0.25, 0.3) is 0 Å². The smallest absolute Gasteiger partial charge is 0.252 e. The third-order valence-electron chi connectivity index (χ3n) is 4.53. The molecule has 144 valence electrons. The van der Waals surface area contributed by atoms with E-state index in [0.717, 1.165) is 22.6 Å². The van der Waals surface area contributed by atoms with Crippen molar-refractivity contribution in [3.63, 3.8) is 0 Å². The first-order valence-electron chi connectivity index (χ1n) is 8.87. The fourth-order valence-corrected chi connectivity index (χ4v) is 2.91. The minimum absolute atomic E-state index is 0.167. The molecule has 3 aromatic rings. The number of carbonyl (C=O) groups is 1. The van der Waals surface area contributed by atoms with E-state index >= 15 is 0 Å². The lowest BCUT2D eigenvalue weighted by Crippen LogP contribution is -2.29. The van der Waals surface area contributed by atoms with Crippen molar-refractivity contribution in [2.45, 2.75) is 6.04 Å². The van der Waals surface area contributed by atoms with Crippen molar-refractivity contribution in [3.8, 4) is 17.2 Å². The second kappa shape index (κ2) is 8.95. The van der Waals surface area contributed by atoms with E-state index in [1.807, 2.05) is 48.5 Å². The first-order chi connectivity index (χ1) is 13.6. The molecule has 0 aliphatic carbocycles. The molecule has 28 heavy (non-hydrogen) atoms. The van der Waals surface area contributed by atoms with Gasteiger partial charge in [-0.2, -0.15) is 0 Å². The van der Waals surface area contributed by atoms with Gasteiger partial charge < -0.3 is 19.5 Å². The van der Waals surface area contributed by atoms with Crippen LogP contribution in [-0.2, 0) is 0 Å². The standard InChI is InChI=1S/C23H23NO4/c1-26-19-10-4-16(5-11-19)22(17-6-12-20(27-2)13-7-17)24-23(25)18-8-14-21(28-3)15-9-18/h4-15,22H,1-3H3,(H,24,25). The molecule has 0 aliphatic heterocycles. The monoisotopic (exact) mass is 377 g/mol. The van der Waals surface area contributed by atoms with Crippen LogP contribution in [0.4, 0.5) is 0 Å². The zero-order chi connectivity index (χ0) is 19.9. The molecule has 0 aliphatic rings. The van der Waals surface area contributed by atoms with Gasteiger partial charge in [-0.25, -0.2) is 0 Å². The van der Waals surface area contributed by atoms with Gasteiger partial charge in [0, 0.05) is 5.56 Å². The molecule has 1 N–H and O–H groups in total. The van der Waals surface area contributed by atoms with Crippen molar-refractivity contribution >= 4 is 5.91 Å². The summed E-state index contributed by atoms with van der Waals surface area (Å²) >= 11 is 0. The molecular formula is C23H23NO4. The molecule has 0 saturated carbocycles. The lowest BCUT2D eigenvalue weighted by molar-refractivity contribution is 0.0943. The highest BCUT2D eigenvalue weighted by molar-refractivity contribution is 5.94. The number of hydrogen-bond acceptors (Lipinski definition) is 4. The van der Waals surface area contributed by atoms with Crippen molar-refractivity contribution in [2.75, 3.05) is 21.3 Å². The summed E-state index contributed by atoms with van der Waals surface area (Å²) in [4.78, 5) is 12.8. The summed E-state index contributed by atoms with van der Waals surface area (Å²) in [7, 11) is 4.85. The van der Waals surface area contributed by atoms with Gasteiger partial charge in [0.15, 0.2) is 0 Å². The first kappa shape index (κ1) is 19.3. The zero-order valence-corrected chi connectivity index (χ0v) is 16.1. The summed E-state index contributed by atoms with van der Waals surface area (Å²) in [5.41, 5.74) is 2.47. The van der Waals surface area contributed by atoms with Crippen molar-refractivity contribution in [1.29, 1.82) is 0 Å². The largest absolute Gasteiger partial charge is 0.497 e. The van der Waals surface area contributed by atoms with Crippen LogP contribution in [0.15, 0.2) is 72.8 Å². The Balaban J connectivity index is 1.90. The summed E-state index contributed by atoms with van der Waals surface area (Å²) < 4.78 is 15.6. The number of rotatable bonds is 7. The average Bonchev–Trinajstić information content (AvgIpc) is 2.77. The maximum absolute atomic E-state index is 12.8. The highest BCUT2D eigenvalue weighted by Gasteiger charge is 2.18. The first-order valence-corrected chi connectivity index (χ1v) is 8.87. The van der Waals surface area contributed by atoms with Crippen LogP contribution in [0.1, 0.15) is 27.5 Å². The van der Waals surface area contributed by atoms with Crippen LogP contribution in [0.5, 0.6) is 17.2 Å². The molecule has 0 radical (unpaired) electrons. The molecular weight excluding hydrogens is 354 g/mol. The second-order valence-corrected chi connectivity index (χ2v) is 6.18. The van der Waals surface area contributed by atoms with Gasteiger partial charge in [0.05, 0.1) is 27.4 Å². The van der Waals surface area contributed by atoms with E-state index in [9.17, 15) is 4.79 Å². The number of hydrogen-bond donors (Lipinski definition) is 1. The third-order valence-corrected chi connectivity index (χ3v) is 4.53. The summed E-state index contributed by atoms with van der Waals surface area (Å²) in [6.45, 7) is 0. The Kier molecular flexibility index (Phi) is 6.17. The zero-order valence-electron chi connectivity index (χ0n) is 16.1. The van der Waals surface area contributed by atoms with E-state index in [1.165, 1.54) is 0 Å². The maximum Gasteiger partial charge on any atom is 0.252 e. The Morgan fingerprint density at radius 2 is 1.00 bits per heavy atom. The summed E-state index contributed by atoms with van der Waals surface area (Å²) in [6.07, 6.45) is 0. The molecule has 1 amide bonds. The van der Waals surface area contributed by atoms with Gasteiger partial charge in [-0.3, -0.25) is 4.79 Å². The van der Waals surface area contributed by atoms with Crippen LogP contribution in [0.2, 0.25) is 0 Å². The molecule has 3 rings (SSSR count). The molecule has 5 nitrogen and oxygen atoms in total. The van der Waals surface area contributed by atoms with Gasteiger partial charge in [-0.1, -0.05) is 24.3 Å². The number of benzene rings is 3. The van der Waals surface area contributed by atoms with Gasteiger partial charge >= 0.3 is 0 Å². The quantitative estimate of drug-likeness (QED) is 0.669. The highest BCUT2D eigenvalue weighted by atomic mass is 16.5. The van der Waals surface area contributed by atoms with E-state index < -0.39 is 0 Å². The molecule has 0 bridgehead atoms. The van der Waals surface area contributed by atoms with E-state index in [2.05, 4.69) is 5.32 Å². The minimum Gasteiger partial charge on any atom is -0.497 e. The molecule has 0 heterocycles. The SMILES string of the molecule is COc1ccc(C(=O)NC(c2ccc(OC)cc2)c2ccc(OC)cc2)cc1. The van der Waals surface area contributed by atoms with Crippen molar-refractivity contribution < 1.29 is 19.0 Å². The Hall–Kier alpha value is -3.47. The average molecular weight is 377 g/mol. The highest BCUT2D eigenvalue weighted by Crippen LogP contribution is 2.26. The molecule has 0 unspecified atom stereocenters. The summed E-state index contributed by atoms with van der Waals surface area (Å²) in [5, 5.41) is 3.12. The number of nitrogens with one attached hydrogen (secondary N) is 1. The van der Waals surface area contributed by atoms with Gasteiger partial charge in [0.1, 0.15) is 17.2 Å². The molecule has 0 aromatic heterocycles. The topological polar surface area (TPSA) is 56.8 Å². The second-order valence-electron chi connectivity index (χ2n) is 6.18. The molecule has 3 aromatic carbocycles. The number of amides is 1. The van der Waals surface area contributed by atoms with Crippen molar-refractivity contribution in [2.24, 2.45) is 0 Å².